The Hall–Kier alpha value is -3.00. The van der Waals surface area contributed by atoms with Crippen molar-refractivity contribution in [3.05, 3.63) is 41.6 Å². The number of nitrogens with zero attached hydrogens (tertiary/aromatic N) is 3. The Morgan fingerprint density at radius 1 is 1.33 bits per heavy atom. The molecule has 1 aromatic carbocycles. The molecular weight excluding hydrogens is 346 g/mol. The predicted molar refractivity (Wildman–Crippen MR) is 102 cm³/mol. The number of nitrogen functional groups attached to an aromatic ring is 1. The van der Waals surface area contributed by atoms with Gasteiger partial charge in [0.05, 0.1) is 19.2 Å². The van der Waals surface area contributed by atoms with Crippen molar-refractivity contribution >= 4 is 23.8 Å². The number of benzene rings is 1. The van der Waals surface area contributed by atoms with E-state index in [1.54, 1.807) is 31.4 Å². The van der Waals surface area contributed by atoms with Gasteiger partial charge in [-0.2, -0.15) is 4.98 Å². The van der Waals surface area contributed by atoms with Gasteiger partial charge in [0.25, 0.3) is 0 Å². The third kappa shape index (κ3) is 4.59. The van der Waals surface area contributed by atoms with E-state index in [0.717, 1.165) is 32.2 Å². The molecule has 3 rings (SSSR count). The van der Waals surface area contributed by atoms with Crippen LogP contribution in [0.2, 0.25) is 0 Å². The highest BCUT2D eigenvalue weighted by atomic mass is 16.5. The molecule has 8 nitrogen and oxygen atoms in total. The first-order valence-corrected chi connectivity index (χ1v) is 8.84. The van der Waals surface area contributed by atoms with Crippen LogP contribution in [-0.2, 0) is 4.79 Å². The molecule has 142 valence electrons. The molecule has 2 heterocycles. The average Bonchev–Trinajstić information content (AvgIpc) is 2.69. The number of piperidine rings is 1. The maximum atomic E-state index is 12.6. The Balaban J connectivity index is 1.65. The highest BCUT2D eigenvalue weighted by Crippen LogP contribution is 2.20. The van der Waals surface area contributed by atoms with E-state index in [0.29, 0.717) is 23.8 Å². The molecule has 8 heteroatoms. The Morgan fingerprint density at radius 3 is 2.63 bits per heavy atom. The van der Waals surface area contributed by atoms with Crippen LogP contribution in [0.1, 0.15) is 28.8 Å². The fraction of sp³-hybridized carbons (Fsp3) is 0.368. The van der Waals surface area contributed by atoms with Gasteiger partial charge in [-0.25, -0.2) is 4.98 Å². The van der Waals surface area contributed by atoms with E-state index in [1.165, 1.54) is 6.20 Å². The quantitative estimate of drug-likeness (QED) is 0.556. The summed E-state index contributed by atoms with van der Waals surface area (Å²) in [4.78, 5) is 33.8. The van der Waals surface area contributed by atoms with Crippen molar-refractivity contribution in [1.29, 1.82) is 0 Å². The summed E-state index contributed by atoms with van der Waals surface area (Å²) in [6.45, 7) is 2.16. The summed E-state index contributed by atoms with van der Waals surface area (Å²) in [7, 11) is 1.57. The third-order valence-electron chi connectivity index (χ3n) is 4.67. The van der Waals surface area contributed by atoms with Crippen LogP contribution in [0.15, 0.2) is 30.5 Å². The number of carbonyl (C=O) groups is 2. The second kappa shape index (κ2) is 8.59. The molecule has 0 amide bonds. The SMILES string of the molecule is COc1ccc(C(=O)c2cnc(NC3CCN(CC=O)CC3)nc2N)cc1. The summed E-state index contributed by atoms with van der Waals surface area (Å²) in [6.07, 6.45) is 4.17. The molecule has 1 aliphatic rings. The van der Waals surface area contributed by atoms with Crippen LogP contribution in [0.4, 0.5) is 11.8 Å². The molecule has 27 heavy (non-hydrogen) atoms. The summed E-state index contributed by atoms with van der Waals surface area (Å²) in [5.74, 6) is 0.998. The van der Waals surface area contributed by atoms with Gasteiger partial charge < -0.3 is 20.6 Å². The van der Waals surface area contributed by atoms with Crippen LogP contribution in [0, 0.1) is 0 Å². The number of carbonyl (C=O) groups excluding carboxylic acids is 2. The molecule has 0 atom stereocenters. The number of hydrogen-bond acceptors (Lipinski definition) is 8. The molecule has 0 spiro atoms. The average molecular weight is 369 g/mol. The number of nitrogens with two attached hydrogens (primary N) is 1. The van der Waals surface area contributed by atoms with E-state index >= 15 is 0 Å². The van der Waals surface area contributed by atoms with E-state index in [4.69, 9.17) is 10.5 Å². The normalized spacial score (nSPS) is 15.3. The number of methoxy groups -OCH3 is 1. The molecule has 0 bridgehead atoms. The van der Waals surface area contributed by atoms with Gasteiger partial charge in [0.1, 0.15) is 17.9 Å². The molecule has 0 saturated carbocycles. The first-order chi connectivity index (χ1) is 13.1. The second-order valence-corrected chi connectivity index (χ2v) is 6.44. The van der Waals surface area contributed by atoms with Gasteiger partial charge >= 0.3 is 0 Å². The lowest BCUT2D eigenvalue weighted by atomic mass is 10.0. The van der Waals surface area contributed by atoms with Crippen LogP contribution in [0.5, 0.6) is 5.75 Å². The van der Waals surface area contributed by atoms with Gasteiger partial charge in [0, 0.05) is 30.9 Å². The minimum Gasteiger partial charge on any atom is -0.497 e. The first kappa shape index (κ1) is 18.8. The highest BCUT2D eigenvalue weighted by molar-refractivity contribution is 6.11. The standard InChI is InChI=1S/C19H23N5O3/c1-27-15-4-2-13(3-5-15)17(26)16-12-21-19(23-18(16)20)22-14-6-8-24(9-7-14)10-11-25/h2-5,11-12,14H,6-10H2,1H3,(H3,20,21,22,23). The maximum absolute atomic E-state index is 12.6. The first-order valence-electron chi connectivity index (χ1n) is 8.84. The van der Waals surface area contributed by atoms with Crippen LogP contribution < -0.4 is 15.8 Å². The number of ether oxygens (including phenoxy) is 1. The van der Waals surface area contributed by atoms with Crippen molar-refractivity contribution in [3.63, 3.8) is 0 Å². The van der Waals surface area contributed by atoms with Crippen molar-refractivity contribution in [2.45, 2.75) is 18.9 Å². The number of anilines is 2. The van der Waals surface area contributed by atoms with Crippen LogP contribution in [-0.4, -0.2) is 59.7 Å². The molecular formula is C19H23N5O3. The summed E-state index contributed by atoms with van der Waals surface area (Å²) in [6, 6.07) is 7.02. The van der Waals surface area contributed by atoms with Gasteiger partial charge in [0.2, 0.25) is 5.95 Å². The highest BCUT2D eigenvalue weighted by Gasteiger charge is 2.20. The van der Waals surface area contributed by atoms with Gasteiger partial charge in [-0.15, -0.1) is 0 Å². The number of ketones is 1. The molecule has 1 aliphatic heterocycles. The van der Waals surface area contributed by atoms with Gasteiger partial charge in [-0.3, -0.25) is 9.69 Å². The minimum atomic E-state index is -0.233. The molecule has 0 radical (unpaired) electrons. The van der Waals surface area contributed by atoms with Crippen LogP contribution >= 0.6 is 0 Å². The Kier molecular flexibility index (Phi) is 5.97. The minimum absolute atomic E-state index is 0.145. The molecule has 2 aromatic rings. The molecule has 0 aliphatic carbocycles. The number of nitrogens with one attached hydrogen (secondary N) is 1. The number of hydrogen-bond donors (Lipinski definition) is 2. The molecule has 0 unspecified atom stereocenters. The van der Waals surface area contributed by atoms with E-state index < -0.39 is 0 Å². The van der Waals surface area contributed by atoms with Crippen LogP contribution in [0.25, 0.3) is 0 Å². The monoisotopic (exact) mass is 369 g/mol. The van der Waals surface area contributed by atoms with Crippen molar-refractivity contribution in [1.82, 2.24) is 14.9 Å². The summed E-state index contributed by atoms with van der Waals surface area (Å²) in [5, 5.41) is 3.26. The zero-order valence-corrected chi connectivity index (χ0v) is 15.2. The maximum Gasteiger partial charge on any atom is 0.224 e. The van der Waals surface area contributed by atoms with Gasteiger partial charge in [-0.05, 0) is 37.1 Å². The molecule has 3 N–H and O–H groups in total. The molecule has 1 fully saturated rings. The lowest BCUT2D eigenvalue weighted by molar-refractivity contribution is -0.109. The number of aromatic nitrogens is 2. The third-order valence-corrected chi connectivity index (χ3v) is 4.67. The smallest absolute Gasteiger partial charge is 0.224 e. The molecule has 1 aromatic heterocycles. The number of rotatable bonds is 7. The fourth-order valence-electron chi connectivity index (χ4n) is 3.09. The summed E-state index contributed by atoms with van der Waals surface area (Å²) < 4.78 is 5.10. The lowest BCUT2D eigenvalue weighted by Crippen LogP contribution is -2.40. The largest absolute Gasteiger partial charge is 0.497 e. The topological polar surface area (TPSA) is 110 Å². The summed E-state index contributed by atoms with van der Waals surface area (Å²) in [5.41, 5.74) is 6.76. The van der Waals surface area contributed by atoms with Crippen LogP contribution in [0.3, 0.4) is 0 Å². The van der Waals surface area contributed by atoms with Crippen molar-refractivity contribution < 1.29 is 14.3 Å². The Labute approximate surface area is 157 Å². The number of likely N-dealkylation sites (tertiary alicyclic amines) is 1. The van der Waals surface area contributed by atoms with Crippen molar-refractivity contribution in [2.75, 3.05) is 37.8 Å². The van der Waals surface area contributed by atoms with Gasteiger partial charge in [0.15, 0.2) is 5.78 Å². The lowest BCUT2D eigenvalue weighted by Gasteiger charge is -2.31. The fourth-order valence-corrected chi connectivity index (χ4v) is 3.09. The van der Waals surface area contributed by atoms with E-state index in [1.807, 2.05) is 0 Å². The van der Waals surface area contributed by atoms with Crippen molar-refractivity contribution in [2.24, 2.45) is 0 Å². The van der Waals surface area contributed by atoms with E-state index in [-0.39, 0.29) is 23.2 Å². The van der Waals surface area contributed by atoms with Crippen molar-refractivity contribution in [3.8, 4) is 5.75 Å². The molecule has 1 saturated heterocycles. The van der Waals surface area contributed by atoms with Gasteiger partial charge in [-0.1, -0.05) is 0 Å². The Morgan fingerprint density at radius 2 is 2.04 bits per heavy atom. The predicted octanol–water partition coefficient (Wildman–Crippen LogP) is 1.37. The Bertz CT molecular complexity index is 801. The van der Waals surface area contributed by atoms with E-state index in [9.17, 15) is 9.59 Å². The zero-order chi connectivity index (χ0) is 19.2. The zero-order valence-electron chi connectivity index (χ0n) is 15.2. The second-order valence-electron chi connectivity index (χ2n) is 6.44. The van der Waals surface area contributed by atoms with E-state index in [2.05, 4.69) is 20.2 Å². The summed E-state index contributed by atoms with van der Waals surface area (Å²) >= 11 is 0. The number of aldehydes is 1.